The summed E-state index contributed by atoms with van der Waals surface area (Å²) in [6.07, 6.45) is 7.21. The van der Waals surface area contributed by atoms with Crippen LogP contribution in [0.4, 0.5) is 4.79 Å². The number of carboxylic acids is 1. The smallest absolute Gasteiger partial charge is 0.327 e. The van der Waals surface area contributed by atoms with Gasteiger partial charge in [-0.2, -0.15) is 0 Å². The van der Waals surface area contributed by atoms with E-state index >= 15 is 0 Å². The number of urea groups is 1. The molecule has 0 fully saturated rings. The van der Waals surface area contributed by atoms with Gasteiger partial charge in [0.15, 0.2) is 0 Å². The van der Waals surface area contributed by atoms with E-state index in [1.807, 2.05) is 12.1 Å². The van der Waals surface area contributed by atoms with Crippen LogP contribution in [-0.2, 0) is 11.2 Å². The fourth-order valence-corrected chi connectivity index (χ4v) is 1.38. The standard InChI is InChI=1S/C13H15N3O3/c1-2-5-11(12(17)18)16-13(19)15-9-7-10-6-3-4-8-14-10/h1,3-4,6,8,11H,5,7,9H2,(H,17,18)(H2,15,16,19). The zero-order valence-electron chi connectivity index (χ0n) is 10.3. The van der Waals surface area contributed by atoms with Gasteiger partial charge in [-0.1, -0.05) is 6.07 Å². The molecule has 1 rings (SSSR count). The largest absolute Gasteiger partial charge is 0.480 e. The maximum atomic E-state index is 11.4. The number of rotatable bonds is 6. The van der Waals surface area contributed by atoms with Crippen LogP contribution in [0.25, 0.3) is 0 Å². The molecule has 0 spiro atoms. The first-order valence-corrected chi connectivity index (χ1v) is 5.74. The molecule has 0 saturated heterocycles. The third-order valence-corrected chi connectivity index (χ3v) is 2.32. The van der Waals surface area contributed by atoms with Crippen molar-refractivity contribution >= 4 is 12.0 Å². The average Bonchev–Trinajstić information content (AvgIpc) is 2.39. The highest BCUT2D eigenvalue weighted by Gasteiger charge is 2.18. The Bertz CT molecular complexity index is 468. The summed E-state index contributed by atoms with van der Waals surface area (Å²) in [6.45, 7) is 0.366. The number of aromatic nitrogens is 1. The van der Waals surface area contributed by atoms with Crippen molar-refractivity contribution < 1.29 is 14.7 Å². The van der Waals surface area contributed by atoms with E-state index in [9.17, 15) is 9.59 Å². The number of aliphatic carboxylic acids is 1. The molecule has 1 unspecified atom stereocenters. The summed E-state index contributed by atoms with van der Waals surface area (Å²) >= 11 is 0. The molecule has 19 heavy (non-hydrogen) atoms. The Labute approximate surface area is 111 Å². The Morgan fingerprint density at radius 3 is 2.84 bits per heavy atom. The number of carboxylic acid groups (broad SMARTS) is 1. The summed E-state index contributed by atoms with van der Waals surface area (Å²) < 4.78 is 0. The Morgan fingerprint density at radius 1 is 1.47 bits per heavy atom. The van der Waals surface area contributed by atoms with Crippen LogP contribution in [0.15, 0.2) is 24.4 Å². The molecule has 1 aromatic heterocycles. The number of amides is 2. The van der Waals surface area contributed by atoms with E-state index in [0.29, 0.717) is 13.0 Å². The monoisotopic (exact) mass is 261 g/mol. The number of carbonyl (C=O) groups is 2. The van der Waals surface area contributed by atoms with Crippen molar-refractivity contribution in [2.75, 3.05) is 6.54 Å². The summed E-state index contributed by atoms with van der Waals surface area (Å²) in [5.41, 5.74) is 0.848. The lowest BCUT2D eigenvalue weighted by atomic mass is 10.2. The quantitative estimate of drug-likeness (QED) is 0.646. The SMILES string of the molecule is C#CCC(NC(=O)NCCc1ccccn1)C(=O)O. The number of terminal acetylenes is 1. The van der Waals surface area contributed by atoms with Gasteiger partial charge < -0.3 is 15.7 Å². The van der Waals surface area contributed by atoms with Crippen LogP contribution < -0.4 is 10.6 Å². The first kappa shape index (κ1) is 14.5. The van der Waals surface area contributed by atoms with E-state index in [1.54, 1.807) is 12.3 Å². The lowest BCUT2D eigenvalue weighted by molar-refractivity contribution is -0.139. The minimum atomic E-state index is -1.15. The molecular weight excluding hydrogens is 246 g/mol. The number of nitrogens with zero attached hydrogens (tertiary/aromatic N) is 1. The van der Waals surface area contributed by atoms with Crippen LogP contribution in [-0.4, -0.2) is 34.7 Å². The van der Waals surface area contributed by atoms with Crippen molar-refractivity contribution in [1.29, 1.82) is 0 Å². The molecule has 0 aromatic carbocycles. The Balaban J connectivity index is 2.31. The van der Waals surface area contributed by atoms with Crippen LogP contribution in [0.2, 0.25) is 0 Å². The van der Waals surface area contributed by atoms with Gasteiger partial charge in [-0.15, -0.1) is 12.3 Å². The highest BCUT2D eigenvalue weighted by molar-refractivity contribution is 5.82. The number of nitrogens with one attached hydrogen (secondary N) is 2. The van der Waals surface area contributed by atoms with Crippen molar-refractivity contribution in [1.82, 2.24) is 15.6 Å². The third-order valence-electron chi connectivity index (χ3n) is 2.32. The van der Waals surface area contributed by atoms with Crippen LogP contribution in [0.3, 0.4) is 0 Å². The molecule has 0 aliphatic heterocycles. The molecule has 1 heterocycles. The molecule has 100 valence electrons. The van der Waals surface area contributed by atoms with Gasteiger partial charge >= 0.3 is 12.0 Å². The number of carbonyl (C=O) groups excluding carboxylic acids is 1. The van der Waals surface area contributed by atoms with E-state index in [0.717, 1.165) is 5.69 Å². The summed E-state index contributed by atoms with van der Waals surface area (Å²) in [4.78, 5) is 26.3. The topological polar surface area (TPSA) is 91.3 Å². The lowest BCUT2D eigenvalue weighted by Gasteiger charge is -2.12. The van der Waals surface area contributed by atoms with Gasteiger partial charge in [0.25, 0.3) is 0 Å². The molecule has 3 N–H and O–H groups in total. The summed E-state index contributed by atoms with van der Waals surface area (Å²) in [5, 5.41) is 13.7. The molecule has 0 saturated carbocycles. The Hall–Kier alpha value is -2.55. The molecule has 6 heteroatoms. The van der Waals surface area contributed by atoms with Gasteiger partial charge in [-0.05, 0) is 12.1 Å². The van der Waals surface area contributed by atoms with Gasteiger partial charge in [0.05, 0.1) is 0 Å². The van der Waals surface area contributed by atoms with E-state index < -0.39 is 18.0 Å². The summed E-state index contributed by atoms with van der Waals surface area (Å²) in [5.74, 6) is 1.05. The maximum absolute atomic E-state index is 11.4. The number of hydrogen-bond acceptors (Lipinski definition) is 3. The normalized spacial score (nSPS) is 11.1. The van der Waals surface area contributed by atoms with Crippen molar-refractivity contribution in [3.05, 3.63) is 30.1 Å². The van der Waals surface area contributed by atoms with Crippen molar-refractivity contribution in [2.24, 2.45) is 0 Å². The first-order chi connectivity index (χ1) is 9.13. The highest BCUT2D eigenvalue weighted by atomic mass is 16.4. The van der Waals surface area contributed by atoms with Crippen LogP contribution in [0.1, 0.15) is 12.1 Å². The molecule has 1 atom stereocenters. The molecule has 0 radical (unpaired) electrons. The van der Waals surface area contributed by atoms with Gasteiger partial charge in [0, 0.05) is 31.3 Å². The van der Waals surface area contributed by atoms with Crippen molar-refractivity contribution in [3.8, 4) is 12.3 Å². The van der Waals surface area contributed by atoms with E-state index in [-0.39, 0.29) is 6.42 Å². The minimum Gasteiger partial charge on any atom is -0.480 e. The van der Waals surface area contributed by atoms with E-state index in [1.165, 1.54) is 0 Å². The van der Waals surface area contributed by atoms with Crippen molar-refractivity contribution in [3.63, 3.8) is 0 Å². The molecule has 2 amide bonds. The number of pyridine rings is 1. The second kappa shape index (κ2) is 7.71. The summed E-state index contributed by atoms with van der Waals surface area (Å²) in [6, 6.07) is 3.88. The van der Waals surface area contributed by atoms with Gasteiger partial charge in [0.2, 0.25) is 0 Å². The second-order valence-electron chi connectivity index (χ2n) is 3.77. The van der Waals surface area contributed by atoms with E-state index in [4.69, 9.17) is 11.5 Å². The Morgan fingerprint density at radius 2 is 2.26 bits per heavy atom. The molecule has 0 aliphatic rings. The highest BCUT2D eigenvalue weighted by Crippen LogP contribution is 1.94. The van der Waals surface area contributed by atoms with Crippen LogP contribution >= 0.6 is 0 Å². The fourth-order valence-electron chi connectivity index (χ4n) is 1.38. The van der Waals surface area contributed by atoms with Gasteiger partial charge in [-0.25, -0.2) is 9.59 Å². The van der Waals surface area contributed by atoms with Crippen LogP contribution in [0, 0.1) is 12.3 Å². The zero-order valence-corrected chi connectivity index (χ0v) is 10.3. The van der Waals surface area contributed by atoms with E-state index in [2.05, 4.69) is 21.5 Å². The second-order valence-corrected chi connectivity index (χ2v) is 3.77. The third kappa shape index (κ3) is 5.55. The fraction of sp³-hybridized carbons (Fsp3) is 0.308. The maximum Gasteiger partial charge on any atom is 0.327 e. The van der Waals surface area contributed by atoms with Gasteiger partial charge in [-0.3, -0.25) is 4.98 Å². The predicted octanol–water partition coefficient (Wildman–Crippen LogP) is 0.400. The van der Waals surface area contributed by atoms with Crippen molar-refractivity contribution in [2.45, 2.75) is 18.9 Å². The molecular formula is C13H15N3O3. The van der Waals surface area contributed by atoms with Crippen LogP contribution in [0.5, 0.6) is 0 Å². The predicted molar refractivity (Wildman–Crippen MR) is 69.3 cm³/mol. The minimum absolute atomic E-state index is 0.0526. The molecule has 1 aromatic rings. The summed E-state index contributed by atoms with van der Waals surface area (Å²) in [7, 11) is 0. The molecule has 0 bridgehead atoms. The average molecular weight is 261 g/mol. The zero-order chi connectivity index (χ0) is 14.1. The van der Waals surface area contributed by atoms with Gasteiger partial charge in [0.1, 0.15) is 6.04 Å². The molecule has 6 nitrogen and oxygen atoms in total. The first-order valence-electron chi connectivity index (χ1n) is 5.74. The number of hydrogen-bond donors (Lipinski definition) is 3. The Kier molecular flexibility index (Phi) is 5.89. The molecule has 0 aliphatic carbocycles. The lowest BCUT2D eigenvalue weighted by Crippen LogP contribution is -2.46.